The zero-order chi connectivity index (χ0) is 15.5. The topological polar surface area (TPSA) is 72.6 Å². The average molecular weight is 312 g/mol. The largest absolute Gasteiger partial charge is 0.377 e. The standard InChI is InChI=1S/C15H24N2O3S/c1-12-15(7-9-20-12)17(2)8-10-21(18,19)14-5-3-13(11-16)4-6-14/h3-6,12,15H,7-11,16H2,1-2H3. The van der Waals surface area contributed by atoms with Crippen molar-refractivity contribution in [3.05, 3.63) is 29.8 Å². The summed E-state index contributed by atoms with van der Waals surface area (Å²) in [7, 11) is -1.29. The molecule has 1 aliphatic rings. The van der Waals surface area contributed by atoms with Crippen molar-refractivity contribution in [2.24, 2.45) is 5.73 Å². The van der Waals surface area contributed by atoms with Gasteiger partial charge in [-0.1, -0.05) is 12.1 Å². The van der Waals surface area contributed by atoms with Crippen molar-refractivity contribution in [3.63, 3.8) is 0 Å². The number of ether oxygens (including phenoxy) is 1. The van der Waals surface area contributed by atoms with E-state index in [4.69, 9.17) is 10.5 Å². The molecule has 6 heteroatoms. The maximum absolute atomic E-state index is 12.3. The summed E-state index contributed by atoms with van der Waals surface area (Å²) in [5, 5.41) is 0. The van der Waals surface area contributed by atoms with E-state index in [9.17, 15) is 8.42 Å². The van der Waals surface area contributed by atoms with Gasteiger partial charge in [-0.25, -0.2) is 8.42 Å². The Bertz CT molecular complexity index is 557. The maximum Gasteiger partial charge on any atom is 0.179 e. The third kappa shape index (κ3) is 4.03. The molecule has 2 rings (SSSR count). The molecular formula is C15H24N2O3S. The van der Waals surface area contributed by atoms with Crippen LogP contribution < -0.4 is 5.73 Å². The summed E-state index contributed by atoms with van der Waals surface area (Å²) in [6.45, 7) is 3.72. The summed E-state index contributed by atoms with van der Waals surface area (Å²) in [5.74, 6) is 0.120. The highest BCUT2D eigenvalue weighted by Crippen LogP contribution is 2.19. The molecule has 118 valence electrons. The van der Waals surface area contributed by atoms with E-state index in [1.165, 1.54) is 0 Å². The van der Waals surface area contributed by atoms with Gasteiger partial charge in [-0.3, -0.25) is 4.90 Å². The van der Waals surface area contributed by atoms with Crippen LogP contribution >= 0.6 is 0 Å². The molecule has 0 radical (unpaired) electrons. The highest BCUT2D eigenvalue weighted by Gasteiger charge is 2.28. The van der Waals surface area contributed by atoms with Gasteiger partial charge in [0.05, 0.1) is 16.8 Å². The van der Waals surface area contributed by atoms with Crippen LogP contribution in [0.1, 0.15) is 18.9 Å². The van der Waals surface area contributed by atoms with Crippen molar-refractivity contribution in [3.8, 4) is 0 Å². The van der Waals surface area contributed by atoms with Crippen molar-refractivity contribution in [1.29, 1.82) is 0 Å². The Morgan fingerprint density at radius 3 is 2.52 bits per heavy atom. The summed E-state index contributed by atoms with van der Waals surface area (Å²) in [5.41, 5.74) is 6.46. The van der Waals surface area contributed by atoms with Crippen molar-refractivity contribution < 1.29 is 13.2 Å². The molecular weight excluding hydrogens is 288 g/mol. The summed E-state index contributed by atoms with van der Waals surface area (Å²) >= 11 is 0. The van der Waals surface area contributed by atoms with Crippen LogP contribution in [0, 0.1) is 0 Å². The van der Waals surface area contributed by atoms with Crippen LogP contribution in [0.15, 0.2) is 29.2 Å². The van der Waals surface area contributed by atoms with Crippen molar-refractivity contribution in [2.75, 3.05) is 26.0 Å². The summed E-state index contributed by atoms with van der Waals surface area (Å²) in [6.07, 6.45) is 1.13. The Hall–Kier alpha value is -0.950. The van der Waals surface area contributed by atoms with Crippen LogP contribution in [0.3, 0.4) is 0 Å². The monoisotopic (exact) mass is 312 g/mol. The van der Waals surface area contributed by atoms with Crippen LogP contribution in [0.25, 0.3) is 0 Å². The first-order chi connectivity index (χ1) is 9.94. The first-order valence-electron chi connectivity index (χ1n) is 7.27. The molecule has 0 spiro atoms. The van der Waals surface area contributed by atoms with E-state index in [0.717, 1.165) is 18.6 Å². The fraction of sp³-hybridized carbons (Fsp3) is 0.600. The van der Waals surface area contributed by atoms with E-state index in [-0.39, 0.29) is 11.9 Å². The van der Waals surface area contributed by atoms with E-state index < -0.39 is 9.84 Å². The minimum Gasteiger partial charge on any atom is -0.377 e. The highest BCUT2D eigenvalue weighted by atomic mass is 32.2. The molecule has 0 bridgehead atoms. The van der Waals surface area contributed by atoms with E-state index in [2.05, 4.69) is 4.90 Å². The molecule has 1 heterocycles. The third-order valence-corrected chi connectivity index (χ3v) is 5.84. The van der Waals surface area contributed by atoms with Gasteiger partial charge >= 0.3 is 0 Å². The average Bonchev–Trinajstić information content (AvgIpc) is 2.91. The van der Waals surface area contributed by atoms with Gasteiger partial charge < -0.3 is 10.5 Å². The molecule has 21 heavy (non-hydrogen) atoms. The number of likely N-dealkylation sites (N-methyl/N-ethyl adjacent to an activating group) is 1. The summed E-state index contributed by atoms with van der Waals surface area (Å²) in [4.78, 5) is 2.45. The lowest BCUT2D eigenvalue weighted by Gasteiger charge is -2.26. The van der Waals surface area contributed by atoms with E-state index >= 15 is 0 Å². The molecule has 0 saturated carbocycles. The van der Waals surface area contributed by atoms with Gasteiger partial charge in [0.2, 0.25) is 0 Å². The lowest BCUT2D eigenvalue weighted by molar-refractivity contribution is 0.0856. The third-order valence-electron chi connectivity index (χ3n) is 4.13. The molecule has 1 aromatic carbocycles. The first-order valence-corrected chi connectivity index (χ1v) is 8.93. The van der Waals surface area contributed by atoms with Crippen molar-refractivity contribution in [1.82, 2.24) is 4.90 Å². The SMILES string of the molecule is CC1OCCC1N(C)CCS(=O)(=O)c1ccc(CN)cc1. The predicted octanol–water partition coefficient (Wildman–Crippen LogP) is 1.03. The molecule has 2 N–H and O–H groups in total. The zero-order valence-corrected chi connectivity index (χ0v) is 13.5. The number of hydrogen-bond donors (Lipinski definition) is 1. The fourth-order valence-corrected chi connectivity index (χ4v) is 3.99. The number of sulfone groups is 1. The van der Waals surface area contributed by atoms with Crippen LogP contribution in [0.2, 0.25) is 0 Å². The number of hydrogen-bond acceptors (Lipinski definition) is 5. The van der Waals surface area contributed by atoms with E-state index in [1.54, 1.807) is 24.3 Å². The highest BCUT2D eigenvalue weighted by molar-refractivity contribution is 7.91. The Morgan fingerprint density at radius 1 is 1.33 bits per heavy atom. The van der Waals surface area contributed by atoms with Crippen LogP contribution in [0.4, 0.5) is 0 Å². The van der Waals surface area contributed by atoms with Crippen LogP contribution in [0.5, 0.6) is 0 Å². The minimum atomic E-state index is -3.25. The minimum absolute atomic E-state index is 0.120. The lowest BCUT2D eigenvalue weighted by atomic mass is 10.1. The normalized spacial score (nSPS) is 22.9. The molecule has 5 nitrogen and oxygen atoms in total. The van der Waals surface area contributed by atoms with Crippen LogP contribution in [-0.2, 0) is 21.1 Å². The lowest BCUT2D eigenvalue weighted by Crippen LogP contribution is -2.39. The maximum atomic E-state index is 12.3. The van der Waals surface area contributed by atoms with Gasteiger partial charge in [-0.2, -0.15) is 0 Å². The Kier molecular flexibility index (Phi) is 5.37. The quantitative estimate of drug-likeness (QED) is 0.849. The summed E-state index contributed by atoms with van der Waals surface area (Å²) in [6, 6.07) is 7.12. The van der Waals surface area contributed by atoms with Crippen molar-refractivity contribution in [2.45, 2.75) is 36.9 Å². The number of benzene rings is 1. The van der Waals surface area contributed by atoms with Gasteiger partial charge in [0, 0.05) is 25.7 Å². The second kappa shape index (κ2) is 6.87. The Labute approximate surface area is 127 Å². The summed E-state index contributed by atoms with van der Waals surface area (Å²) < 4.78 is 30.2. The molecule has 2 atom stereocenters. The smallest absolute Gasteiger partial charge is 0.179 e. The molecule has 0 aromatic heterocycles. The van der Waals surface area contributed by atoms with Gasteiger partial charge in [0.25, 0.3) is 0 Å². The number of rotatable bonds is 6. The van der Waals surface area contributed by atoms with E-state index in [0.29, 0.717) is 24.0 Å². The van der Waals surface area contributed by atoms with Crippen LogP contribution in [-0.4, -0.2) is 51.4 Å². The molecule has 1 aromatic rings. The fourth-order valence-electron chi connectivity index (χ4n) is 2.68. The molecule has 2 unspecified atom stereocenters. The molecule has 1 fully saturated rings. The number of nitrogens with two attached hydrogens (primary N) is 1. The molecule has 1 saturated heterocycles. The first kappa shape index (κ1) is 16.4. The van der Waals surface area contributed by atoms with Gasteiger partial charge in [-0.15, -0.1) is 0 Å². The predicted molar refractivity (Wildman–Crippen MR) is 82.8 cm³/mol. The van der Waals surface area contributed by atoms with Crippen molar-refractivity contribution >= 4 is 9.84 Å². The van der Waals surface area contributed by atoms with Gasteiger partial charge in [0.15, 0.2) is 9.84 Å². The second-order valence-electron chi connectivity index (χ2n) is 5.58. The zero-order valence-electron chi connectivity index (χ0n) is 12.7. The molecule has 0 amide bonds. The van der Waals surface area contributed by atoms with E-state index in [1.807, 2.05) is 14.0 Å². The Balaban J connectivity index is 1.97. The Morgan fingerprint density at radius 2 is 2.00 bits per heavy atom. The number of nitrogens with zero attached hydrogens (tertiary/aromatic N) is 1. The molecule has 1 aliphatic heterocycles. The molecule has 0 aliphatic carbocycles. The van der Waals surface area contributed by atoms with Gasteiger partial charge in [0.1, 0.15) is 0 Å². The second-order valence-corrected chi connectivity index (χ2v) is 7.69. The van der Waals surface area contributed by atoms with Gasteiger partial charge in [-0.05, 0) is 38.1 Å².